The molecule has 0 heterocycles. The first-order valence-electron chi connectivity index (χ1n) is 3.08. The van der Waals surface area contributed by atoms with Gasteiger partial charge in [-0.3, -0.25) is 0 Å². The van der Waals surface area contributed by atoms with E-state index < -0.39 is 0 Å². The zero-order chi connectivity index (χ0) is 8.27. The molecule has 0 aliphatic heterocycles. The van der Waals surface area contributed by atoms with Crippen LogP contribution in [-0.4, -0.2) is 6.08 Å². The number of halogens is 1. The maximum Gasteiger partial charge on any atom is 0.240 e. The minimum atomic E-state index is -0.296. The van der Waals surface area contributed by atoms with Crippen molar-refractivity contribution in [3.63, 3.8) is 0 Å². The van der Waals surface area contributed by atoms with Crippen molar-refractivity contribution in [2.45, 2.75) is 6.92 Å². The van der Waals surface area contributed by atoms with Crippen molar-refractivity contribution in [1.29, 1.82) is 0 Å². The van der Waals surface area contributed by atoms with Crippen molar-refractivity contribution < 1.29 is 9.18 Å². The van der Waals surface area contributed by atoms with Crippen LogP contribution in [0.3, 0.4) is 0 Å². The molecule has 1 rings (SSSR count). The number of carbonyl (C=O) groups excluding carboxylic acids is 1. The fraction of sp³-hybridized carbons (Fsp3) is 0.125. The molecule has 0 radical (unpaired) electrons. The van der Waals surface area contributed by atoms with Gasteiger partial charge in [-0.05, 0) is 30.7 Å². The molecule has 0 amide bonds. The first-order chi connectivity index (χ1) is 5.24. The summed E-state index contributed by atoms with van der Waals surface area (Å²) in [7, 11) is 0. The summed E-state index contributed by atoms with van der Waals surface area (Å²) in [5.41, 5.74) is 0.903. The molecule has 0 atom stereocenters. The van der Waals surface area contributed by atoms with Crippen molar-refractivity contribution >= 4 is 11.8 Å². The van der Waals surface area contributed by atoms with Gasteiger partial charge in [0.1, 0.15) is 5.82 Å². The van der Waals surface area contributed by atoms with Crippen molar-refractivity contribution in [2.75, 3.05) is 0 Å². The minimum absolute atomic E-state index is 0.296. The zero-order valence-corrected chi connectivity index (χ0v) is 5.97. The van der Waals surface area contributed by atoms with E-state index in [1.165, 1.54) is 24.3 Å². The first-order valence-corrected chi connectivity index (χ1v) is 3.08. The Morgan fingerprint density at radius 3 is 2.82 bits per heavy atom. The van der Waals surface area contributed by atoms with E-state index in [9.17, 15) is 9.18 Å². The number of rotatable bonds is 1. The summed E-state index contributed by atoms with van der Waals surface area (Å²) in [5, 5.41) is 0. The molecule has 0 N–H and O–H groups in total. The van der Waals surface area contributed by atoms with Crippen LogP contribution in [0.15, 0.2) is 23.2 Å². The quantitative estimate of drug-likeness (QED) is 0.446. The third-order valence-electron chi connectivity index (χ3n) is 1.32. The summed E-state index contributed by atoms with van der Waals surface area (Å²) < 4.78 is 12.6. The van der Waals surface area contributed by atoms with Crippen LogP contribution in [0.1, 0.15) is 5.56 Å². The van der Waals surface area contributed by atoms with Crippen LogP contribution in [0, 0.1) is 12.7 Å². The Labute approximate surface area is 63.4 Å². The molecule has 0 aromatic heterocycles. The molecule has 1 aromatic rings. The van der Waals surface area contributed by atoms with Gasteiger partial charge in [0.2, 0.25) is 6.08 Å². The molecule has 0 spiro atoms. The lowest BCUT2D eigenvalue weighted by Gasteiger charge is -1.94. The molecular weight excluding hydrogens is 145 g/mol. The summed E-state index contributed by atoms with van der Waals surface area (Å²) in [6.45, 7) is 1.61. The van der Waals surface area contributed by atoms with Crippen molar-refractivity contribution in [2.24, 2.45) is 4.99 Å². The van der Waals surface area contributed by atoms with E-state index in [4.69, 9.17) is 0 Å². The molecule has 0 fully saturated rings. The second-order valence-corrected chi connectivity index (χ2v) is 2.14. The number of aliphatic imine (C=N–C) groups is 1. The van der Waals surface area contributed by atoms with Crippen molar-refractivity contribution in [1.82, 2.24) is 0 Å². The van der Waals surface area contributed by atoms with Crippen LogP contribution in [0.25, 0.3) is 0 Å². The van der Waals surface area contributed by atoms with Gasteiger partial charge in [-0.15, -0.1) is 0 Å². The third-order valence-corrected chi connectivity index (χ3v) is 1.32. The Morgan fingerprint density at radius 2 is 2.27 bits per heavy atom. The summed E-state index contributed by atoms with van der Waals surface area (Å²) in [6, 6.07) is 4.18. The summed E-state index contributed by atoms with van der Waals surface area (Å²) in [5.74, 6) is -0.296. The maximum absolute atomic E-state index is 12.6. The van der Waals surface area contributed by atoms with Crippen LogP contribution in [0.4, 0.5) is 10.1 Å². The average Bonchev–Trinajstić information content (AvgIpc) is 1.98. The molecule has 0 saturated heterocycles. The van der Waals surface area contributed by atoms with E-state index in [2.05, 4.69) is 4.99 Å². The number of nitrogens with zero attached hydrogens (tertiary/aromatic N) is 1. The van der Waals surface area contributed by atoms with Crippen LogP contribution in [0.2, 0.25) is 0 Å². The van der Waals surface area contributed by atoms with Gasteiger partial charge in [-0.25, -0.2) is 9.18 Å². The topological polar surface area (TPSA) is 29.4 Å². The van der Waals surface area contributed by atoms with Gasteiger partial charge in [-0.2, -0.15) is 4.99 Å². The molecule has 3 heteroatoms. The van der Waals surface area contributed by atoms with E-state index >= 15 is 0 Å². The van der Waals surface area contributed by atoms with Crippen molar-refractivity contribution in [3.8, 4) is 0 Å². The molecule has 0 bridgehead atoms. The molecule has 0 unspecified atom stereocenters. The van der Waals surface area contributed by atoms with E-state index in [1.54, 1.807) is 6.92 Å². The lowest BCUT2D eigenvalue weighted by atomic mass is 10.2. The van der Waals surface area contributed by atoms with E-state index in [0.717, 1.165) is 0 Å². The molecule has 0 aliphatic carbocycles. The highest BCUT2D eigenvalue weighted by molar-refractivity contribution is 5.49. The molecular formula is C8H6FNO. The number of benzene rings is 1. The van der Waals surface area contributed by atoms with Crippen LogP contribution < -0.4 is 0 Å². The molecule has 1 aromatic carbocycles. The smallest absolute Gasteiger partial charge is 0.211 e. The highest BCUT2D eigenvalue weighted by Crippen LogP contribution is 2.15. The highest BCUT2D eigenvalue weighted by Gasteiger charge is 1.96. The monoisotopic (exact) mass is 151 g/mol. The lowest BCUT2D eigenvalue weighted by molar-refractivity contribution is 0.565. The van der Waals surface area contributed by atoms with Gasteiger partial charge in [-0.1, -0.05) is 0 Å². The van der Waals surface area contributed by atoms with Gasteiger partial charge in [0.15, 0.2) is 0 Å². The molecule has 56 valence electrons. The second kappa shape index (κ2) is 3.08. The maximum atomic E-state index is 12.6. The minimum Gasteiger partial charge on any atom is -0.211 e. The SMILES string of the molecule is Cc1cc(N=C=O)ccc1F. The van der Waals surface area contributed by atoms with Crippen LogP contribution >= 0.6 is 0 Å². The van der Waals surface area contributed by atoms with Crippen LogP contribution in [-0.2, 0) is 4.79 Å². The Morgan fingerprint density at radius 1 is 1.55 bits per heavy atom. The molecule has 2 nitrogen and oxygen atoms in total. The highest BCUT2D eigenvalue weighted by atomic mass is 19.1. The van der Waals surface area contributed by atoms with E-state index in [-0.39, 0.29) is 5.82 Å². The fourth-order valence-corrected chi connectivity index (χ4v) is 0.751. The van der Waals surface area contributed by atoms with Gasteiger partial charge in [0, 0.05) is 0 Å². The summed E-state index contributed by atoms with van der Waals surface area (Å²) in [6.07, 6.45) is 1.38. The summed E-state index contributed by atoms with van der Waals surface area (Å²) >= 11 is 0. The van der Waals surface area contributed by atoms with Crippen molar-refractivity contribution in [3.05, 3.63) is 29.6 Å². The van der Waals surface area contributed by atoms with E-state index in [1.807, 2.05) is 0 Å². The lowest BCUT2D eigenvalue weighted by Crippen LogP contribution is -1.78. The largest absolute Gasteiger partial charge is 0.240 e. The standard InChI is InChI=1S/C8H6FNO/c1-6-4-7(10-5-11)2-3-8(6)9/h2-4H,1H3. The van der Waals surface area contributed by atoms with Crippen LogP contribution in [0.5, 0.6) is 0 Å². The number of hydrogen-bond donors (Lipinski definition) is 0. The fourth-order valence-electron chi connectivity index (χ4n) is 0.751. The normalized spacial score (nSPS) is 8.91. The first kappa shape index (κ1) is 7.63. The molecule has 11 heavy (non-hydrogen) atoms. The van der Waals surface area contributed by atoms with Gasteiger partial charge < -0.3 is 0 Å². The predicted octanol–water partition coefficient (Wildman–Crippen LogP) is 2.10. The Balaban J connectivity index is 3.14. The second-order valence-electron chi connectivity index (χ2n) is 2.14. The zero-order valence-electron chi connectivity index (χ0n) is 5.97. The number of hydrogen-bond acceptors (Lipinski definition) is 2. The molecule has 0 aliphatic rings. The summed E-state index contributed by atoms with van der Waals surface area (Å²) in [4.78, 5) is 13.1. The Kier molecular flexibility index (Phi) is 2.14. The van der Waals surface area contributed by atoms with E-state index in [0.29, 0.717) is 11.3 Å². The third kappa shape index (κ3) is 1.72. The average molecular weight is 151 g/mol. The molecule has 0 saturated carbocycles. The van der Waals surface area contributed by atoms with Gasteiger partial charge >= 0.3 is 0 Å². The predicted molar refractivity (Wildman–Crippen MR) is 38.9 cm³/mol. The number of aryl methyl sites for hydroxylation is 1. The Hall–Kier alpha value is -1.47. The van der Waals surface area contributed by atoms with Gasteiger partial charge in [0.05, 0.1) is 5.69 Å². The number of isocyanates is 1. The Bertz CT molecular complexity index is 316. The van der Waals surface area contributed by atoms with Gasteiger partial charge in [0.25, 0.3) is 0 Å².